The molecule has 170 valence electrons. The summed E-state index contributed by atoms with van der Waals surface area (Å²) < 4.78 is 13.0. The first-order valence-electron chi connectivity index (χ1n) is 11.0. The van der Waals surface area contributed by atoms with Crippen molar-refractivity contribution in [2.24, 2.45) is 11.1 Å². The van der Waals surface area contributed by atoms with Gasteiger partial charge in [0.15, 0.2) is 5.78 Å². The van der Waals surface area contributed by atoms with Gasteiger partial charge in [0.1, 0.15) is 0 Å². The number of nitrogens with zero attached hydrogens (tertiary/aromatic N) is 2. The molecule has 3 heterocycles. The van der Waals surface area contributed by atoms with Crippen LogP contribution in [0, 0.1) is 5.41 Å². The molecule has 3 N–H and O–H groups in total. The Balaban J connectivity index is 1.92. The maximum atomic E-state index is 13.4. The Morgan fingerprint density at radius 3 is 2.91 bits per heavy atom. The van der Waals surface area contributed by atoms with Crippen LogP contribution in [0.4, 0.5) is 0 Å². The van der Waals surface area contributed by atoms with E-state index in [-0.39, 0.29) is 24.4 Å². The smallest absolute Gasteiger partial charge is 0.336 e. The van der Waals surface area contributed by atoms with E-state index in [1.807, 2.05) is 28.8 Å². The number of fused-ring (bicyclic) bond motifs is 1. The predicted octanol–water partition coefficient (Wildman–Crippen LogP) is 2.46. The summed E-state index contributed by atoms with van der Waals surface area (Å²) >= 11 is 0. The van der Waals surface area contributed by atoms with Crippen LogP contribution in [0.5, 0.6) is 0 Å². The zero-order valence-corrected chi connectivity index (χ0v) is 18.8. The molecule has 0 spiro atoms. The first-order valence-corrected chi connectivity index (χ1v) is 11.0. The summed E-state index contributed by atoms with van der Waals surface area (Å²) in [5.74, 6) is -1.08. The molecule has 4 rings (SSSR count). The van der Waals surface area contributed by atoms with Gasteiger partial charge in [0.05, 0.1) is 54.5 Å². The number of hydrogen-bond donors (Lipinski definition) is 2. The highest BCUT2D eigenvalue weighted by molar-refractivity contribution is 6.04. The minimum absolute atomic E-state index is 0.0227. The fraction of sp³-hybridized carbons (Fsp3) is 0.458. The third kappa shape index (κ3) is 4.08. The van der Waals surface area contributed by atoms with Gasteiger partial charge in [-0.15, -0.1) is 0 Å². The number of imidazole rings is 1. The minimum atomic E-state index is -0.627. The molecule has 1 aliphatic carbocycles. The molecule has 0 bridgehead atoms. The van der Waals surface area contributed by atoms with Gasteiger partial charge in [0, 0.05) is 30.4 Å². The minimum Gasteiger partial charge on any atom is -0.463 e. The maximum Gasteiger partial charge on any atom is 0.336 e. The van der Waals surface area contributed by atoms with Crippen molar-refractivity contribution < 1.29 is 19.1 Å². The van der Waals surface area contributed by atoms with Crippen LogP contribution in [0.3, 0.4) is 0 Å². The molecule has 2 aliphatic rings. The SMILES string of the molecule is CCOC(=O)C1=C(COCCN)NC2=C(C(=O)CC(C)(C)C2)C1c1ncn2ccccc12. The number of Topliss-reactive ketones (excluding diaryl/α,β-unsaturated/α-hetero) is 1. The van der Waals surface area contributed by atoms with E-state index in [1.54, 1.807) is 13.3 Å². The van der Waals surface area contributed by atoms with Crippen LogP contribution in [0.1, 0.15) is 45.2 Å². The first-order chi connectivity index (χ1) is 15.4. The van der Waals surface area contributed by atoms with E-state index in [0.717, 1.165) is 11.2 Å². The standard InChI is InChI=1S/C24H30N4O4/c1-4-32-23(30)20-16(13-31-10-8-25)27-15-11-24(2,3)12-18(29)19(15)21(20)22-17-7-5-6-9-28(17)14-26-22/h5-7,9,14,21,27H,4,8,10-13,25H2,1-3H3. The summed E-state index contributed by atoms with van der Waals surface area (Å²) in [4.78, 5) is 31.3. The number of hydrogen-bond acceptors (Lipinski definition) is 7. The van der Waals surface area contributed by atoms with E-state index in [9.17, 15) is 9.59 Å². The second kappa shape index (κ2) is 8.88. The lowest BCUT2D eigenvalue weighted by atomic mass is 9.69. The topological polar surface area (TPSA) is 108 Å². The summed E-state index contributed by atoms with van der Waals surface area (Å²) in [7, 11) is 0. The van der Waals surface area contributed by atoms with E-state index in [0.29, 0.717) is 48.5 Å². The van der Waals surface area contributed by atoms with Crippen molar-refractivity contribution in [3.05, 3.63) is 59.0 Å². The molecule has 0 saturated carbocycles. The summed E-state index contributed by atoms with van der Waals surface area (Å²) in [6.07, 6.45) is 4.70. The number of ketones is 1. The average molecular weight is 439 g/mol. The number of nitrogens with one attached hydrogen (secondary N) is 1. The molecule has 0 saturated heterocycles. The maximum absolute atomic E-state index is 13.4. The molecule has 8 nitrogen and oxygen atoms in total. The predicted molar refractivity (Wildman–Crippen MR) is 120 cm³/mol. The Kier molecular flexibility index (Phi) is 6.17. The van der Waals surface area contributed by atoms with Crippen molar-refractivity contribution >= 4 is 17.3 Å². The van der Waals surface area contributed by atoms with Crippen LogP contribution in [-0.4, -0.2) is 47.5 Å². The van der Waals surface area contributed by atoms with E-state index in [4.69, 9.17) is 15.2 Å². The Morgan fingerprint density at radius 1 is 1.34 bits per heavy atom. The van der Waals surface area contributed by atoms with Crippen molar-refractivity contribution in [1.82, 2.24) is 14.7 Å². The van der Waals surface area contributed by atoms with Gasteiger partial charge in [-0.25, -0.2) is 9.78 Å². The lowest BCUT2D eigenvalue weighted by molar-refractivity contribution is -0.139. The van der Waals surface area contributed by atoms with Crippen LogP contribution < -0.4 is 11.1 Å². The highest BCUT2D eigenvalue weighted by Crippen LogP contribution is 2.47. The number of dihydropyridines is 1. The van der Waals surface area contributed by atoms with Crippen LogP contribution >= 0.6 is 0 Å². The van der Waals surface area contributed by atoms with Crippen LogP contribution in [-0.2, 0) is 19.1 Å². The number of ether oxygens (including phenoxy) is 2. The molecule has 0 aromatic carbocycles. The molecule has 1 aliphatic heterocycles. The third-order valence-electron chi connectivity index (χ3n) is 5.88. The Hall–Kier alpha value is -2.97. The summed E-state index contributed by atoms with van der Waals surface area (Å²) in [5, 5.41) is 3.37. The van der Waals surface area contributed by atoms with E-state index < -0.39 is 11.9 Å². The zero-order valence-electron chi connectivity index (χ0n) is 18.8. The molecule has 2 aromatic rings. The fourth-order valence-electron chi connectivity index (χ4n) is 4.63. The van der Waals surface area contributed by atoms with E-state index >= 15 is 0 Å². The van der Waals surface area contributed by atoms with Gasteiger partial charge in [-0.1, -0.05) is 19.9 Å². The van der Waals surface area contributed by atoms with Crippen LogP contribution in [0.15, 0.2) is 53.3 Å². The van der Waals surface area contributed by atoms with Crippen molar-refractivity contribution in [3.63, 3.8) is 0 Å². The average Bonchev–Trinajstić information content (AvgIpc) is 3.16. The molecule has 2 aromatic heterocycles. The monoisotopic (exact) mass is 438 g/mol. The zero-order chi connectivity index (χ0) is 22.9. The number of allylic oxidation sites excluding steroid dienone is 2. The van der Waals surface area contributed by atoms with Crippen LogP contribution in [0.25, 0.3) is 5.52 Å². The molecule has 0 amide bonds. The fourth-order valence-corrected chi connectivity index (χ4v) is 4.63. The third-order valence-corrected chi connectivity index (χ3v) is 5.88. The Bertz CT molecular complexity index is 1110. The Labute approximate surface area is 187 Å². The molecule has 8 heteroatoms. The lowest BCUT2D eigenvalue weighted by Crippen LogP contribution is -2.40. The highest BCUT2D eigenvalue weighted by Gasteiger charge is 2.45. The molecule has 1 atom stereocenters. The number of pyridine rings is 1. The van der Waals surface area contributed by atoms with Gasteiger partial charge >= 0.3 is 5.97 Å². The highest BCUT2D eigenvalue weighted by atomic mass is 16.5. The largest absolute Gasteiger partial charge is 0.463 e. The van der Waals surface area contributed by atoms with Gasteiger partial charge in [0.2, 0.25) is 0 Å². The van der Waals surface area contributed by atoms with Crippen molar-refractivity contribution in [1.29, 1.82) is 0 Å². The molecular formula is C24H30N4O4. The molecule has 0 radical (unpaired) electrons. The van der Waals surface area contributed by atoms with Gasteiger partial charge in [-0.2, -0.15) is 0 Å². The molecule has 1 unspecified atom stereocenters. The van der Waals surface area contributed by atoms with E-state index in [1.165, 1.54) is 0 Å². The number of carbonyl (C=O) groups excluding carboxylic acids is 2. The van der Waals surface area contributed by atoms with Crippen molar-refractivity contribution in [3.8, 4) is 0 Å². The van der Waals surface area contributed by atoms with Crippen LogP contribution in [0.2, 0.25) is 0 Å². The molecule has 0 fully saturated rings. The number of rotatable bonds is 7. The number of esters is 1. The lowest BCUT2D eigenvalue weighted by Gasteiger charge is -2.39. The van der Waals surface area contributed by atoms with Gasteiger partial charge in [-0.3, -0.25) is 4.79 Å². The van der Waals surface area contributed by atoms with Crippen molar-refractivity contribution in [2.45, 2.75) is 39.5 Å². The van der Waals surface area contributed by atoms with Gasteiger partial charge < -0.3 is 24.9 Å². The number of aromatic nitrogens is 2. The van der Waals surface area contributed by atoms with Gasteiger partial charge in [-0.05, 0) is 30.9 Å². The number of carbonyl (C=O) groups is 2. The second-order valence-electron chi connectivity index (χ2n) is 8.97. The summed E-state index contributed by atoms with van der Waals surface area (Å²) in [5.41, 5.74) is 9.31. The van der Waals surface area contributed by atoms with Crippen molar-refractivity contribution in [2.75, 3.05) is 26.4 Å². The van der Waals surface area contributed by atoms with E-state index in [2.05, 4.69) is 24.1 Å². The quantitative estimate of drug-likeness (QED) is 0.505. The molecule has 32 heavy (non-hydrogen) atoms. The molecular weight excluding hydrogens is 408 g/mol. The number of nitrogens with two attached hydrogens (primary N) is 1. The Morgan fingerprint density at radius 2 is 2.16 bits per heavy atom. The normalized spacial score (nSPS) is 20.4. The first kappa shape index (κ1) is 22.2. The summed E-state index contributed by atoms with van der Waals surface area (Å²) in [6.45, 7) is 7.03. The summed E-state index contributed by atoms with van der Waals surface area (Å²) in [6, 6.07) is 5.77. The van der Waals surface area contributed by atoms with Gasteiger partial charge in [0.25, 0.3) is 0 Å². The second-order valence-corrected chi connectivity index (χ2v) is 8.97.